The molecule has 1 saturated heterocycles. The number of carbonyl (C=O) groups is 1. The van der Waals surface area contributed by atoms with Gasteiger partial charge in [0, 0.05) is 12.0 Å². The highest BCUT2D eigenvalue weighted by molar-refractivity contribution is 6.62. The van der Waals surface area contributed by atoms with E-state index in [2.05, 4.69) is 6.92 Å². The molecule has 0 unspecified atom stereocenters. The number of unbranched alkanes of at least 4 members (excludes halogenated alkanes) is 3. The van der Waals surface area contributed by atoms with Crippen LogP contribution in [-0.4, -0.2) is 24.1 Å². The molecule has 0 bridgehead atoms. The monoisotopic (exact) mass is 316 g/mol. The minimum Gasteiger partial charge on any atom is -0.399 e. The van der Waals surface area contributed by atoms with Crippen molar-refractivity contribution in [1.29, 1.82) is 0 Å². The van der Waals surface area contributed by atoms with Crippen LogP contribution >= 0.6 is 0 Å². The summed E-state index contributed by atoms with van der Waals surface area (Å²) in [5.74, 6) is 0.208. The fourth-order valence-electron chi connectivity index (χ4n) is 2.69. The number of rotatable bonds is 7. The lowest BCUT2D eigenvalue weighted by molar-refractivity contribution is 0.00578. The summed E-state index contributed by atoms with van der Waals surface area (Å²) in [5, 5.41) is 0. The van der Waals surface area contributed by atoms with Gasteiger partial charge in [-0.25, -0.2) is 0 Å². The molecule has 1 aliphatic heterocycles. The van der Waals surface area contributed by atoms with Crippen molar-refractivity contribution < 1.29 is 14.1 Å². The van der Waals surface area contributed by atoms with Gasteiger partial charge < -0.3 is 9.31 Å². The maximum absolute atomic E-state index is 12.3. The van der Waals surface area contributed by atoms with Crippen molar-refractivity contribution in [3.63, 3.8) is 0 Å². The standard InChI is InChI=1S/C19H29BO3/c1-6-7-8-9-13-17(21)15-11-10-12-16(14-15)20-22-18(2,3)19(4,5)23-20/h10-12,14H,6-9,13H2,1-5H3. The fourth-order valence-corrected chi connectivity index (χ4v) is 2.69. The van der Waals surface area contributed by atoms with E-state index in [1.165, 1.54) is 12.8 Å². The molecule has 0 saturated carbocycles. The summed E-state index contributed by atoms with van der Waals surface area (Å²) in [7, 11) is -0.409. The minimum absolute atomic E-state index is 0.208. The van der Waals surface area contributed by atoms with Crippen LogP contribution in [-0.2, 0) is 9.31 Å². The van der Waals surface area contributed by atoms with E-state index >= 15 is 0 Å². The van der Waals surface area contributed by atoms with Gasteiger partial charge in [0.1, 0.15) is 0 Å². The molecule has 0 radical (unpaired) electrons. The molecule has 3 nitrogen and oxygen atoms in total. The number of carbonyl (C=O) groups excluding carboxylic acids is 1. The van der Waals surface area contributed by atoms with Crippen molar-refractivity contribution in [2.24, 2.45) is 0 Å². The van der Waals surface area contributed by atoms with Gasteiger partial charge in [0.2, 0.25) is 0 Å². The van der Waals surface area contributed by atoms with Gasteiger partial charge in [0.25, 0.3) is 0 Å². The zero-order valence-corrected chi connectivity index (χ0v) is 15.1. The largest absolute Gasteiger partial charge is 0.494 e. The number of Topliss-reactive ketones (excluding diaryl/α,β-unsaturated/α-hetero) is 1. The Morgan fingerprint density at radius 2 is 1.70 bits per heavy atom. The van der Waals surface area contributed by atoms with Gasteiger partial charge in [-0.05, 0) is 39.6 Å². The second-order valence-electron chi connectivity index (χ2n) is 7.45. The summed E-state index contributed by atoms with van der Waals surface area (Å²) in [5.41, 5.74) is 0.951. The van der Waals surface area contributed by atoms with Crippen molar-refractivity contribution in [3.05, 3.63) is 29.8 Å². The number of hydrogen-bond donors (Lipinski definition) is 0. The first-order valence-electron chi connectivity index (χ1n) is 8.75. The first-order valence-corrected chi connectivity index (χ1v) is 8.75. The molecule has 23 heavy (non-hydrogen) atoms. The highest BCUT2D eigenvalue weighted by Crippen LogP contribution is 2.36. The zero-order chi connectivity index (χ0) is 17.1. The molecule has 2 rings (SSSR count). The molecule has 126 valence electrons. The molecule has 0 amide bonds. The Bertz CT molecular complexity index is 535. The van der Waals surface area contributed by atoms with Crippen LogP contribution in [0.2, 0.25) is 0 Å². The molecule has 0 atom stereocenters. The van der Waals surface area contributed by atoms with Gasteiger partial charge in [-0.1, -0.05) is 50.5 Å². The Morgan fingerprint density at radius 3 is 2.30 bits per heavy atom. The summed E-state index contributed by atoms with van der Waals surface area (Å²) in [4.78, 5) is 12.3. The lowest BCUT2D eigenvalue weighted by Gasteiger charge is -2.32. The van der Waals surface area contributed by atoms with Crippen molar-refractivity contribution in [3.8, 4) is 0 Å². The molecule has 1 aromatic rings. The second-order valence-corrected chi connectivity index (χ2v) is 7.45. The van der Waals surface area contributed by atoms with Crippen LogP contribution in [0.4, 0.5) is 0 Å². The van der Waals surface area contributed by atoms with Crippen LogP contribution in [0.15, 0.2) is 24.3 Å². The van der Waals surface area contributed by atoms with E-state index in [9.17, 15) is 4.79 Å². The predicted molar refractivity (Wildman–Crippen MR) is 95.2 cm³/mol. The average Bonchev–Trinajstić information content (AvgIpc) is 2.72. The third-order valence-electron chi connectivity index (χ3n) is 4.99. The Labute approximate surface area is 140 Å². The van der Waals surface area contributed by atoms with Gasteiger partial charge in [-0.2, -0.15) is 0 Å². The summed E-state index contributed by atoms with van der Waals surface area (Å²) in [6.07, 6.45) is 5.09. The van der Waals surface area contributed by atoms with Gasteiger partial charge in [0.05, 0.1) is 11.2 Å². The summed E-state index contributed by atoms with van der Waals surface area (Å²) >= 11 is 0. The number of ketones is 1. The van der Waals surface area contributed by atoms with E-state index in [0.717, 1.165) is 23.9 Å². The third-order valence-corrected chi connectivity index (χ3v) is 4.99. The van der Waals surface area contributed by atoms with Crippen molar-refractivity contribution in [2.45, 2.75) is 77.9 Å². The highest BCUT2D eigenvalue weighted by Gasteiger charge is 2.51. The first-order chi connectivity index (χ1) is 10.8. The molecule has 0 aliphatic carbocycles. The lowest BCUT2D eigenvalue weighted by atomic mass is 9.78. The molecule has 4 heteroatoms. The van der Waals surface area contributed by atoms with Crippen LogP contribution in [0.5, 0.6) is 0 Å². The second kappa shape index (κ2) is 7.19. The quantitative estimate of drug-likeness (QED) is 0.431. The summed E-state index contributed by atoms with van der Waals surface area (Å²) < 4.78 is 12.1. The first kappa shape index (κ1) is 18.2. The molecule has 1 aromatic carbocycles. The van der Waals surface area contributed by atoms with Crippen LogP contribution in [0, 0.1) is 0 Å². The molecule has 0 aromatic heterocycles. The van der Waals surface area contributed by atoms with E-state index in [4.69, 9.17) is 9.31 Å². The molecule has 1 heterocycles. The summed E-state index contributed by atoms with van der Waals surface area (Å²) in [6, 6.07) is 7.69. The van der Waals surface area contributed by atoms with E-state index in [1.54, 1.807) is 0 Å². The molecule has 1 fully saturated rings. The van der Waals surface area contributed by atoms with Gasteiger partial charge >= 0.3 is 7.12 Å². The van der Waals surface area contributed by atoms with Crippen LogP contribution in [0.25, 0.3) is 0 Å². The smallest absolute Gasteiger partial charge is 0.399 e. The highest BCUT2D eigenvalue weighted by atomic mass is 16.7. The molecule has 0 N–H and O–H groups in total. The van der Waals surface area contributed by atoms with Crippen molar-refractivity contribution in [1.82, 2.24) is 0 Å². The Balaban J connectivity index is 2.05. The Morgan fingerprint density at radius 1 is 1.04 bits per heavy atom. The van der Waals surface area contributed by atoms with Crippen molar-refractivity contribution in [2.75, 3.05) is 0 Å². The normalized spacial score (nSPS) is 19.1. The van der Waals surface area contributed by atoms with Gasteiger partial charge in [-0.3, -0.25) is 4.79 Å². The average molecular weight is 316 g/mol. The Kier molecular flexibility index (Phi) is 5.69. The SMILES string of the molecule is CCCCCCC(=O)c1cccc(B2OC(C)(C)C(C)(C)O2)c1. The van der Waals surface area contributed by atoms with E-state index in [1.807, 2.05) is 52.0 Å². The van der Waals surface area contributed by atoms with Crippen LogP contribution in [0.1, 0.15) is 77.1 Å². The fraction of sp³-hybridized carbons (Fsp3) is 0.632. The molecular weight excluding hydrogens is 287 g/mol. The number of benzene rings is 1. The Hall–Kier alpha value is -1.13. The molecule has 1 aliphatic rings. The van der Waals surface area contributed by atoms with E-state index < -0.39 is 7.12 Å². The topological polar surface area (TPSA) is 35.5 Å². The minimum atomic E-state index is -0.409. The van der Waals surface area contributed by atoms with Crippen LogP contribution in [0.3, 0.4) is 0 Å². The molecular formula is C19H29BO3. The molecule has 0 spiro atoms. The predicted octanol–water partition coefficient (Wildman–Crippen LogP) is 4.14. The number of hydrogen-bond acceptors (Lipinski definition) is 3. The summed E-state index contributed by atoms with van der Waals surface area (Å²) in [6.45, 7) is 10.3. The van der Waals surface area contributed by atoms with Gasteiger partial charge in [0.15, 0.2) is 5.78 Å². The van der Waals surface area contributed by atoms with E-state index in [-0.39, 0.29) is 17.0 Å². The van der Waals surface area contributed by atoms with E-state index in [0.29, 0.717) is 6.42 Å². The maximum Gasteiger partial charge on any atom is 0.494 e. The lowest BCUT2D eigenvalue weighted by Crippen LogP contribution is -2.41. The van der Waals surface area contributed by atoms with Gasteiger partial charge in [-0.15, -0.1) is 0 Å². The third kappa shape index (κ3) is 4.24. The maximum atomic E-state index is 12.3. The van der Waals surface area contributed by atoms with Crippen LogP contribution < -0.4 is 5.46 Å². The van der Waals surface area contributed by atoms with Crippen molar-refractivity contribution >= 4 is 18.4 Å². The zero-order valence-electron chi connectivity index (χ0n) is 15.1.